The molecular weight excluding hydrogens is 192 g/mol. The zero-order chi connectivity index (χ0) is 11.1. The van der Waals surface area contributed by atoms with E-state index in [1.54, 1.807) is 6.08 Å². The van der Waals surface area contributed by atoms with Crippen molar-refractivity contribution in [2.75, 3.05) is 6.61 Å². The van der Waals surface area contributed by atoms with Crippen molar-refractivity contribution < 1.29 is 14.3 Å². The van der Waals surface area contributed by atoms with Crippen molar-refractivity contribution in [3.05, 3.63) is 12.7 Å². The fraction of sp³-hybridized carbons (Fsp3) is 0.750. The van der Waals surface area contributed by atoms with E-state index in [2.05, 4.69) is 6.58 Å². The highest BCUT2D eigenvalue weighted by Crippen LogP contribution is 2.46. The van der Waals surface area contributed by atoms with E-state index < -0.39 is 5.79 Å². The molecule has 0 aromatic heterocycles. The molecule has 2 fully saturated rings. The van der Waals surface area contributed by atoms with E-state index in [0.717, 1.165) is 6.42 Å². The first kappa shape index (κ1) is 10.8. The smallest absolute Gasteiger partial charge is 0.163 e. The number of hydrogen-bond acceptors (Lipinski definition) is 3. The maximum atomic E-state index is 11.6. The van der Waals surface area contributed by atoms with Crippen LogP contribution >= 0.6 is 0 Å². The summed E-state index contributed by atoms with van der Waals surface area (Å²) in [5, 5.41) is 0. The van der Waals surface area contributed by atoms with Crippen LogP contribution in [-0.2, 0) is 14.3 Å². The summed E-state index contributed by atoms with van der Waals surface area (Å²) in [6.45, 7) is 8.03. The molecule has 1 aliphatic carbocycles. The molecule has 3 nitrogen and oxygen atoms in total. The van der Waals surface area contributed by atoms with E-state index in [4.69, 9.17) is 9.47 Å². The maximum Gasteiger partial charge on any atom is 0.163 e. The first-order valence-corrected chi connectivity index (χ1v) is 5.49. The van der Waals surface area contributed by atoms with Crippen molar-refractivity contribution in [3.63, 3.8) is 0 Å². The van der Waals surface area contributed by atoms with Gasteiger partial charge in [0.05, 0.1) is 12.7 Å². The number of allylic oxidation sites excluding steroid dienone is 1. The molecule has 1 saturated carbocycles. The van der Waals surface area contributed by atoms with Crippen LogP contribution in [0.2, 0.25) is 0 Å². The van der Waals surface area contributed by atoms with Gasteiger partial charge in [-0.05, 0) is 26.2 Å². The van der Waals surface area contributed by atoms with Gasteiger partial charge in [-0.3, -0.25) is 4.79 Å². The van der Waals surface area contributed by atoms with E-state index in [0.29, 0.717) is 24.7 Å². The molecule has 15 heavy (non-hydrogen) atoms. The zero-order valence-electron chi connectivity index (χ0n) is 9.36. The largest absolute Gasteiger partial charge is 0.348 e. The van der Waals surface area contributed by atoms with E-state index >= 15 is 0 Å². The molecule has 0 N–H and O–H groups in total. The Morgan fingerprint density at radius 3 is 2.87 bits per heavy atom. The molecule has 2 aliphatic rings. The summed E-state index contributed by atoms with van der Waals surface area (Å²) in [4.78, 5) is 11.6. The van der Waals surface area contributed by atoms with Gasteiger partial charge in [-0.25, -0.2) is 0 Å². The van der Waals surface area contributed by atoms with E-state index in [-0.39, 0.29) is 12.0 Å². The highest BCUT2D eigenvalue weighted by Gasteiger charge is 2.51. The molecule has 1 heterocycles. The van der Waals surface area contributed by atoms with Crippen LogP contribution in [0.1, 0.15) is 26.7 Å². The molecular formula is C12H18O3. The Balaban J connectivity index is 1.84. The highest BCUT2D eigenvalue weighted by molar-refractivity contribution is 5.85. The van der Waals surface area contributed by atoms with Crippen molar-refractivity contribution in [1.82, 2.24) is 0 Å². The van der Waals surface area contributed by atoms with Crippen LogP contribution in [0.4, 0.5) is 0 Å². The summed E-state index contributed by atoms with van der Waals surface area (Å²) >= 11 is 0. The topological polar surface area (TPSA) is 35.5 Å². The highest BCUT2D eigenvalue weighted by atomic mass is 16.7. The Morgan fingerprint density at radius 2 is 2.33 bits per heavy atom. The van der Waals surface area contributed by atoms with Gasteiger partial charge in [0.25, 0.3) is 0 Å². The molecule has 84 valence electrons. The molecule has 0 aromatic rings. The van der Waals surface area contributed by atoms with Crippen LogP contribution < -0.4 is 0 Å². The Hall–Kier alpha value is -0.670. The summed E-state index contributed by atoms with van der Waals surface area (Å²) in [7, 11) is 0. The van der Waals surface area contributed by atoms with Crippen molar-refractivity contribution in [1.29, 1.82) is 0 Å². The molecule has 0 bridgehead atoms. The van der Waals surface area contributed by atoms with Crippen LogP contribution in [0.5, 0.6) is 0 Å². The second-order valence-electron chi connectivity index (χ2n) is 4.83. The van der Waals surface area contributed by atoms with Crippen LogP contribution in [0.15, 0.2) is 12.7 Å². The number of carbonyl (C=O) groups is 1. The van der Waals surface area contributed by atoms with Crippen molar-refractivity contribution >= 4 is 5.78 Å². The molecule has 0 radical (unpaired) electrons. The van der Waals surface area contributed by atoms with Crippen molar-refractivity contribution in [2.45, 2.75) is 38.6 Å². The maximum absolute atomic E-state index is 11.6. The minimum absolute atomic E-state index is 0.110. The Morgan fingerprint density at radius 1 is 1.60 bits per heavy atom. The fourth-order valence-corrected chi connectivity index (χ4v) is 2.22. The van der Waals surface area contributed by atoms with Gasteiger partial charge in [-0.2, -0.15) is 0 Å². The summed E-state index contributed by atoms with van der Waals surface area (Å²) in [5.74, 6) is 0.382. The minimum atomic E-state index is -0.473. The molecule has 1 saturated heterocycles. The molecule has 0 amide bonds. The monoisotopic (exact) mass is 210 g/mol. The lowest BCUT2D eigenvalue weighted by Crippen LogP contribution is -2.23. The van der Waals surface area contributed by atoms with Gasteiger partial charge >= 0.3 is 0 Å². The molecule has 0 spiro atoms. The van der Waals surface area contributed by atoms with Gasteiger partial charge in [0.15, 0.2) is 5.79 Å². The molecule has 0 aromatic carbocycles. The summed E-state index contributed by atoms with van der Waals surface area (Å²) in [5.41, 5.74) is 0. The number of rotatable bonds is 4. The number of ketones is 1. The number of Topliss-reactive ketones (excluding diaryl/α,β-unsaturated/α-hetero) is 1. The van der Waals surface area contributed by atoms with Crippen LogP contribution in [0.3, 0.4) is 0 Å². The third kappa shape index (κ3) is 2.29. The van der Waals surface area contributed by atoms with Gasteiger partial charge in [-0.15, -0.1) is 6.58 Å². The average Bonchev–Trinajstić information content (AvgIpc) is 2.86. The average molecular weight is 210 g/mol. The predicted octanol–water partition coefficient (Wildman–Crippen LogP) is 1.92. The quantitative estimate of drug-likeness (QED) is 0.665. The molecule has 2 rings (SSSR count). The van der Waals surface area contributed by atoms with Gasteiger partial charge < -0.3 is 9.47 Å². The Labute approximate surface area is 90.4 Å². The van der Waals surface area contributed by atoms with Crippen LogP contribution in [-0.4, -0.2) is 24.3 Å². The Kier molecular flexibility index (Phi) is 2.69. The number of carbonyl (C=O) groups excluding carboxylic acids is 1. The molecule has 3 atom stereocenters. The normalized spacial score (nSPS) is 37.6. The lowest BCUT2D eigenvalue weighted by molar-refractivity contribution is -0.142. The van der Waals surface area contributed by atoms with Crippen molar-refractivity contribution in [3.8, 4) is 0 Å². The van der Waals surface area contributed by atoms with Gasteiger partial charge in [0.1, 0.15) is 5.78 Å². The number of hydrogen-bond donors (Lipinski definition) is 0. The molecule has 3 unspecified atom stereocenters. The summed E-state index contributed by atoms with van der Waals surface area (Å²) in [6, 6.07) is 0. The second-order valence-corrected chi connectivity index (χ2v) is 4.83. The van der Waals surface area contributed by atoms with Gasteiger partial charge in [0.2, 0.25) is 0 Å². The van der Waals surface area contributed by atoms with Gasteiger partial charge in [-0.1, -0.05) is 6.08 Å². The minimum Gasteiger partial charge on any atom is -0.348 e. The third-order valence-corrected chi connectivity index (χ3v) is 3.11. The first-order valence-electron chi connectivity index (χ1n) is 5.49. The standard InChI is InChI=1S/C12H18O3/c1-4-5-10(13)8-6-9(8)11-7-14-12(2,3)15-11/h4,8-9,11H,1,5-7H2,2-3H3. The lowest BCUT2D eigenvalue weighted by Gasteiger charge is -2.16. The van der Waals surface area contributed by atoms with E-state index in [1.165, 1.54) is 0 Å². The van der Waals surface area contributed by atoms with E-state index in [9.17, 15) is 4.79 Å². The van der Waals surface area contributed by atoms with Crippen molar-refractivity contribution in [2.24, 2.45) is 11.8 Å². The van der Waals surface area contributed by atoms with Crippen LogP contribution in [0.25, 0.3) is 0 Å². The summed E-state index contributed by atoms with van der Waals surface area (Å²) < 4.78 is 11.2. The van der Waals surface area contributed by atoms with Crippen LogP contribution in [0, 0.1) is 11.8 Å². The Bertz CT molecular complexity index is 283. The second kappa shape index (κ2) is 3.72. The first-order chi connectivity index (χ1) is 7.03. The molecule has 3 heteroatoms. The summed E-state index contributed by atoms with van der Waals surface area (Å²) in [6.07, 6.45) is 3.22. The predicted molar refractivity (Wildman–Crippen MR) is 56.3 cm³/mol. The lowest BCUT2D eigenvalue weighted by atomic mass is 10.1. The van der Waals surface area contributed by atoms with E-state index in [1.807, 2.05) is 13.8 Å². The third-order valence-electron chi connectivity index (χ3n) is 3.11. The molecule has 1 aliphatic heterocycles. The fourth-order valence-electron chi connectivity index (χ4n) is 2.22. The zero-order valence-corrected chi connectivity index (χ0v) is 9.36. The van der Waals surface area contributed by atoms with Gasteiger partial charge in [0, 0.05) is 12.3 Å². The SMILES string of the molecule is C=CCC(=O)C1CC1C1COC(C)(C)O1. The number of ether oxygens (including phenoxy) is 2.